The van der Waals surface area contributed by atoms with Crippen molar-refractivity contribution in [2.75, 3.05) is 13.2 Å². The van der Waals surface area contributed by atoms with Crippen LogP contribution >= 0.6 is 0 Å². The summed E-state index contributed by atoms with van der Waals surface area (Å²) in [5.74, 6) is 1.23. The number of pyridine rings is 1. The highest BCUT2D eigenvalue weighted by molar-refractivity contribution is 5.81. The van der Waals surface area contributed by atoms with Crippen LogP contribution < -0.4 is 10.2 Å². The molecule has 0 amide bonds. The van der Waals surface area contributed by atoms with Gasteiger partial charge in [-0.1, -0.05) is 27.2 Å². The van der Waals surface area contributed by atoms with Crippen LogP contribution in [0.1, 0.15) is 57.7 Å². The molecule has 26 heavy (non-hydrogen) atoms. The van der Waals surface area contributed by atoms with E-state index in [0.29, 0.717) is 18.6 Å². The van der Waals surface area contributed by atoms with E-state index in [1.54, 1.807) is 0 Å². The molecule has 0 unspecified atom stereocenters. The van der Waals surface area contributed by atoms with Gasteiger partial charge in [0, 0.05) is 34.7 Å². The molecule has 1 fully saturated rings. The average Bonchev–Trinajstić information content (AvgIpc) is 2.64. The summed E-state index contributed by atoms with van der Waals surface area (Å²) in [4.78, 5) is 19.1. The van der Waals surface area contributed by atoms with Crippen LogP contribution in [0.15, 0.2) is 23.0 Å². The van der Waals surface area contributed by atoms with Crippen molar-refractivity contribution in [1.29, 1.82) is 0 Å². The number of likely N-dealkylation sites (tertiary alicyclic amines) is 1. The Morgan fingerprint density at radius 3 is 2.85 bits per heavy atom. The molecular formula is C22H32N2O2. The van der Waals surface area contributed by atoms with Gasteiger partial charge in [-0.3, -0.25) is 9.69 Å². The maximum Gasteiger partial charge on any atom is 0.194 e. The molecule has 1 aromatic heterocycles. The molecule has 0 radical (unpaired) electrons. The predicted molar refractivity (Wildman–Crippen MR) is 108 cm³/mol. The fraction of sp³-hybridized carbons (Fsp3) is 0.591. The van der Waals surface area contributed by atoms with Crippen LogP contribution in [0.4, 0.5) is 0 Å². The van der Waals surface area contributed by atoms with E-state index in [-0.39, 0.29) is 5.43 Å². The number of ether oxygens (including phenoxy) is 1. The van der Waals surface area contributed by atoms with Crippen LogP contribution in [0.3, 0.4) is 0 Å². The third kappa shape index (κ3) is 4.12. The minimum Gasteiger partial charge on any atom is -0.493 e. The molecule has 0 bridgehead atoms. The quantitative estimate of drug-likeness (QED) is 0.820. The summed E-state index contributed by atoms with van der Waals surface area (Å²) in [5, 5.41) is 0.733. The molecule has 0 spiro atoms. The molecule has 0 aliphatic carbocycles. The lowest BCUT2D eigenvalue weighted by Gasteiger charge is -2.35. The Kier molecular flexibility index (Phi) is 6.02. The first kappa shape index (κ1) is 19.0. The van der Waals surface area contributed by atoms with E-state index >= 15 is 0 Å². The lowest BCUT2D eigenvalue weighted by Crippen LogP contribution is -2.39. The Morgan fingerprint density at radius 1 is 1.31 bits per heavy atom. The summed E-state index contributed by atoms with van der Waals surface area (Å²) in [6.45, 7) is 11.0. The van der Waals surface area contributed by atoms with Crippen molar-refractivity contribution in [3.05, 3.63) is 39.7 Å². The number of piperidine rings is 1. The molecule has 4 nitrogen and oxygen atoms in total. The van der Waals surface area contributed by atoms with E-state index in [0.717, 1.165) is 47.4 Å². The van der Waals surface area contributed by atoms with Gasteiger partial charge >= 0.3 is 0 Å². The maximum atomic E-state index is 13.2. The van der Waals surface area contributed by atoms with E-state index in [2.05, 4.69) is 30.7 Å². The molecule has 1 aliphatic rings. The highest BCUT2D eigenvalue weighted by Crippen LogP contribution is 2.23. The number of H-pyrrole nitrogens is 1. The molecule has 1 aliphatic heterocycles. The molecule has 1 saturated heterocycles. The van der Waals surface area contributed by atoms with Gasteiger partial charge in [0.1, 0.15) is 5.75 Å². The van der Waals surface area contributed by atoms with Crippen molar-refractivity contribution in [3.8, 4) is 5.75 Å². The first-order chi connectivity index (χ1) is 12.5. The van der Waals surface area contributed by atoms with Gasteiger partial charge in [-0.15, -0.1) is 0 Å². The molecule has 0 saturated carbocycles. The molecular weight excluding hydrogens is 324 g/mol. The Morgan fingerprint density at radius 2 is 2.12 bits per heavy atom. The van der Waals surface area contributed by atoms with Crippen LogP contribution in [-0.2, 0) is 6.54 Å². The zero-order valence-corrected chi connectivity index (χ0v) is 16.6. The summed E-state index contributed by atoms with van der Waals surface area (Å²) in [7, 11) is 0. The van der Waals surface area contributed by atoms with Gasteiger partial charge in [-0.2, -0.15) is 0 Å². The minimum atomic E-state index is 0.145. The Balaban J connectivity index is 1.93. The summed E-state index contributed by atoms with van der Waals surface area (Å²) in [6, 6.07) is 6.39. The van der Waals surface area contributed by atoms with E-state index in [9.17, 15) is 4.79 Å². The number of rotatable bonds is 6. The van der Waals surface area contributed by atoms with Crippen molar-refractivity contribution in [2.24, 2.45) is 5.92 Å². The smallest absolute Gasteiger partial charge is 0.194 e. The Labute approximate surface area is 156 Å². The lowest BCUT2D eigenvalue weighted by molar-refractivity contribution is 0.135. The summed E-state index contributed by atoms with van der Waals surface area (Å²) >= 11 is 0. The monoisotopic (exact) mass is 356 g/mol. The van der Waals surface area contributed by atoms with E-state index < -0.39 is 0 Å². The van der Waals surface area contributed by atoms with Crippen molar-refractivity contribution < 1.29 is 4.74 Å². The molecule has 4 heteroatoms. The minimum absolute atomic E-state index is 0.145. The normalized spacial score (nSPS) is 18.6. The Hall–Kier alpha value is -1.81. The second-order valence-corrected chi connectivity index (χ2v) is 8.00. The number of hydrogen-bond donors (Lipinski definition) is 1. The van der Waals surface area contributed by atoms with E-state index in [1.807, 2.05) is 25.1 Å². The molecule has 1 aromatic carbocycles. The van der Waals surface area contributed by atoms with Gasteiger partial charge in [0.2, 0.25) is 0 Å². The highest BCUT2D eigenvalue weighted by atomic mass is 16.5. The molecule has 2 aromatic rings. The number of benzene rings is 1. The molecule has 1 atom stereocenters. The largest absolute Gasteiger partial charge is 0.493 e. The number of aryl methyl sites for hydroxylation is 1. The zero-order chi connectivity index (χ0) is 18.7. The van der Waals surface area contributed by atoms with Gasteiger partial charge in [0.15, 0.2) is 5.43 Å². The molecule has 1 N–H and O–H groups in total. The SMILES string of the molecule is CC[C@H]1CCCCN1Cc1c(C)[nH]c2ccc(OCC(C)C)cc2c1=O. The summed E-state index contributed by atoms with van der Waals surface area (Å²) in [5.41, 5.74) is 2.92. The topological polar surface area (TPSA) is 45.3 Å². The maximum absolute atomic E-state index is 13.2. The third-order valence-electron chi connectivity index (χ3n) is 5.45. The number of nitrogens with one attached hydrogen (secondary N) is 1. The van der Waals surface area contributed by atoms with E-state index in [1.165, 1.54) is 19.3 Å². The van der Waals surface area contributed by atoms with Crippen LogP contribution in [-0.4, -0.2) is 29.1 Å². The van der Waals surface area contributed by atoms with Gasteiger partial charge in [-0.05, 0) is 56.8 Å². The van der Waals surface area contributed by atoms with Crippen molar-refractivity contribution in [1.82, 2.24) is 9.88 Å². The van der Waals surface area contributed by atoms with Crippen molar-refractivity contribution in [2.45, 2.75) is 66.0 Å². The van der Waals surface area contributed by atoms with Gasteiger partial charge < -0.3 is 9.72 Å². The molecule has 2 heterocycles. The third-order valence-corrected chi connectivity index (χ3v) is 5.45. The average molecular weight is 357 g/mol. The number of fused-ring (bicyclic) bond motifs is 1. The second-order valence-electron chi connectivity index (χ2n) is 8.00. The first-order valence-electron chi connectivity index (χ1n) is 10.0. The predicted octanol–water partition coefficient (Wildman–Crippen LogP) is 4.64. The van der Waals surface area contributed by atoms with Gasteiger partial charge in [-0.25, -0.2) is 0 Å². The van der Waals surface area contributed by atoms with Crippen molar-refractivity contribution >= 4 is 10.9 Å². The summed E-state index contributed by atoms with van der Waals surface area (Å²) in [6.07, 6.45) is 4.93. The highest BCUT2D eigenvalue weighted by Gasteiger charge is 2.23. The lowest BCUT2D eigenvalue weighted by atomic mass is 9.98. The first-order valence-corrected chi connectivity index (χ1v) is 10.0. The summed E-state index contributed by atoms with van der Waals surface area (Å²) < 4.78 is 5.82. The fourth-order valence-electron chi connectivity index (χ4n) is 3.91. The van der Waals surface area contributed by atoms with E-state index in [4.69, 9.17) is 4.74 Å². The van der Waals surface area contributed by atoms with Crippen LogP contribution in [0.25, 0.3) is 10.9 Å². The fourth-order valence-corrected chi connectivity index (χ4v) is 3.91. The molecule has 142 valence electrons. The zero-order valence-electron chi connectivity index (χ0n) is 16.6. The number of nitrogens with zero attached hydrogens (tertiary/aromatic N) is 1. The number of aromatic amines is 1. The second kappa shape index (κ2) is 8.26. The van der Waals surface area contributed by atoms with Crippen LogP contribution in [0, 0.1) is 12.8 Å². The van der Waals surface area contributed by atoms with Crippen LogP contribution in [0.2, 0.25) is 0 Å². The van der Waals surface area contributed by atoms with Gasteiger partial charge in [0.05, 0.1) is 6.61 Å². The van der Waals surface area contributed by atoms with Gasteiger partial charge in [0.25, 0.3) is 0 Å². The Bertz CT molecular complexity index is 810. The number of aromatic nitrogens is 1. The number of hydrogen-bond acceptors (Lipinski definition) is 3. The standard InChI is InChI=1S/C22H32N2O2/c1-5-17-8-6-7-11-24(17)13-20-16(4)23-21-10-9-18(26-14-15(2)3)12-19(21)22(20)25/h9-10,12,15,17H,5-8,11,13-14H2,1-4H3,(H,23,25)/t17-/m0/s1. The van der Waals surface area contributed by atoms with Crippen LogP contribution in [0.5, 0.6) is 5.75 Å². The van der Waals surface area contributed by atoms with Crippen molar-refractivity contribution in [3.63, 3.8) is 0 Å². The molecule has 3 rings (SSSR count).